The predicted molar refractivity (Wildman–Crippen MR) is 116 cm³/mol. The van der Waals surface area contributed by atoms with Crippen LogP contribution in [0.15, 0.2) is 35.4 Å². The van der Waals surface area contributed by atoms with Crippen LogP contribution in [0.3, 0.4) is 0 Å². The van der Waals surface area contributed by atoms with Gasteiger partial charge in [-0.2, -0.15) is 4.98 Å². The Morgan fingerprint density at radius 2 is 2.00 bits per heavy atom. The van der Waals surface area contributed by atoms with Gasteiger partial charge in [-0.1, -0.05) is 12.8 Å². The number of carbonyl (C=O) groups excluding carboxylic acids is 1. The van der Waals surface area contributed by atoms with Crippen LogP contribution in [0.2, 0.25) is 0 Å². The minimum absolute atomic E-state index is 0.0405. The molecule has 0 aromatic carbocycles. The van der Waals surface area contributed by atoms with Gasteiger partial charge in [-0.3, -0.25) is 14.2 Å². The highest BCUT2D eigenvalue weighted by Crippen LogP contribution is 2.31. The van der Waals surface area contributed by atoms with E-state index in [0.29, 0.717) is 41.8 Å². The standard InChI is InChI=1S/C22H25N5O4/c1-14(28)18-11-15-12-24-22(25-19-8-7-17(13-23-19)31-10-9-30-2)26-20(15)27(21(18)29)16-5-3-4-6-16/h7-8,11-13,16H,3-6,9-10H2,1-2H3,(H,23,24,25,26). The van der Waals surface area contributed by atoms with Gasteiger partial charge in [0.15, 0.2) is 5.78 Å². The second-order valence-corrected chi connectivity index (χ2v) is 7.55. The molecule has 3 heterocycles. The minimum Gasteiger partial charge on any atom is -0.490 e. The highest BCUT2D eigenvalue weighted by atomic mass is 16.5. The molecule has 1 N–H and O–H groups in total. The Morgan fingerprint density at radius 1 is 1.19 bits per heavy atom. The highest BCUT2D eigenvalue weighted by Gasteiger charge is 2.23. The molecule has 1 aliphatic carbocycles. The van der Waals surface area contributed by atoms with Gasteiger partial charge in [-0.05, 0) is 38.0 Å². The SMILES string of the molecule is COCCOc1ccc(Nc2ncc3cc(C(C)=O)c(=O)n(C4CCCC4)c3n2)nc1. The number of nitrogens with one attached hydrogen (secondary N) is 1. The first kappa shape index (κ1) is 20.9. The number of hydrogen-bond acceptors (Lipinski definition) is 8. The normalized spacial score (nSPS) is 14.1. The summed E-state index contributed by atoms with van der Waals surface area (Å²) in [4.78, 5) is 38.3. The summed E-state index contributed by atoms with van der Waals surface area (Å²) in [7, 11) is 1.62. The van der Waals surface area contributed by atoms with Crippen molar-refractivity contribution in [3.8, 4) is 5.75 Å². The third-order valence-corrected chi connectivity index (χ3v) is 5.37. The largest absolute Gasteiger partial charge is 0.490 e. The maximum absolute atomic E-state index is 13.1. The lowest BCUT2D eigenvalue weighted by atomic mass is 10.1. The molecule has 4 rings (SSSR count). The molecule has 1 saturated carbocycles. The zero-order chi connectivity index (χ0) is 21.8. The smallest absolute Gasteiger partial charge is 0.263 e. The van der Waals surface area contributed by atoms with Crippen molar-refractivity contribution >= 4 is 28.6 Å². The number of carbonyl (C=O) groups is 1. The van der Waals surface area contributed by atoms with Crippen molar-refractivity contribution in [3.63, 3.8) is 0 Å². The Morgan fingerprint density at radius 3 is 2.68 bits per heavy atom. The average Bonchev–Trinajstić information content (AvgIpc) is 3.29. The van der Waals surface area contributed by atoms with Crippen molar-refractivity contribution < 1.29 is 14.3 Å². The van der Waals surface area contributed by atoms with Gasteiger partial charge in [-0.15, -0.1) is 0 Å². The van der Waals surface area contributed by atoms with Gasteiger partial charge in [0, 0.05) is 24.7 Å². The van der Waals surface area contributed by atoms with Crippen molar-refractivity contribution in [1.29, 1.82) is 0 Å². The minimum atomic E-state index is -0.285. The summed E-state index contributed by atoms with van der Waals surface area (Å²) in [6, 6.07) is 5.18. The second kappa shape index (κ2) is 9.22. The maximum Gasteiger partial charge on any atom is 0.263 e. The molecule has 9 heteroatoms. The molecule has 0 amide bonds. The van der Waals surface area contributed by atoms with Crippen molar-refractivity contribution in [3.05, 3.63) is 46.5 Å². The lowest BCUT2D eigenvalue weighted by Gasteiger charge is -2.17. The van der Waals surface area contributed by atoms with Crippen LogP contribution < -0.4 is 15.6 Å². The quantitative estimate of drug-likeness (QED) is 0.434. The van der Waals surface area contributed by atoms with Crippen LogP contribution >= 0.6 is 0 Å². The molecule has 0 aliphatic heterocycles. The van der Waals surface area contributed by atoms with E-state index in [1.165, 1.54) is 6.92 Å². The number of ether oxygens (including phenoxy) is 2. The molecule has 1 fully saturated rings. The number of methoxy groups -OCH3 is 1. The van der Waals surface area contributed by atoms with E-state index in [1.807, 2.05) is 0 Å². The van der Waals surface area contributed by atoms with Crippen molar-refractivity contribution in [2.45, 2.75) is 38.6 Å². The molecule has 0 saturated heterocycles. The Balaban J connectivity index is 1.65. The average molecular weight is 423 g/mol. The number of anilines is 2. The van der Waals surface area contributed by atoms with Gasteiger partial charge in [0.25, 0.3) is 5.56 Å². The van der Waals surface area contributed by atoms with Crippen LogP contribution in [0.1, 0.15) is 49.0 Å². The Kier molecular flexibility index (Phi) is 6.22. The number of aromatic nitrogens is 4. The fourth-order valence-electron chi connectivity index (χ4n) is 3.83. The summed E-state index contributed by atoms with van der Waals surface area (Å²) in [5.74, 6) is 1.26. The molecular weight excluding hydrogens is 398 g/mol. The monoisotopic (exact) mass is 423 g/mol. The second-order valence-electron chi connectivity index (χ2n) is 7.55. The molecule has 31 heavy (non-hydrogen) atoms. The third kappa shape index (κ3) is 4.56. The van der Waals surface area contributed by atoms with E-state index in [1.54, 1.807) is 42.3 Å². The third-order valence-electron chi connectivity index (χ3n) is 5.37. The van der Waals surface area contributed by atoms with Crippen LogP contribution in [0, 0.1) is 0 Å². The van der Waals surface area contributed by atoms with Crippen LogP contribution in [-0.4, -0.2) is 45.6 Å². The van der Waals surface area contributed by atoms with Crippen LogP contribution in [-0.2, 0) is 4.74 Å². The van der Waals surface area contributed by atoms with Crippen molar-refractivity contribution in [2.75, 3.05) is 25.6 Å². The number of rotatable bonds is 8. The predicted octanol–water partition coefficient (Wildman–Crippen LogP) is 3.27. The van der Waals surface area contributed by atoms with Crippen molar-refractivity contribution in [1.82, 2.24) is 19.5 Å². The Bertz CT molecular complexity index is 1140. The van der Waals surface area contributed by atoms with E-state index in [0.717, 1.165) is 25.7 Å². The van der Waals surface area contributed by atoms with E-state index in [2.05, 4.69) is 20.3 Å². The van der Waals surface area contributed by atoms with Crippen molar-refractivity contribution in [2.24, 2.45) is 0 Å². The molecule has 1 aliphatic rings. The molecule has 0 radical (unpaired) electrons. The first-order chi connectivity index (χ1) is 15.1. The first-order valence-electron chi connectivity index (χ1n) is 10.3. The van der Waals surface area contributed by atoms with Crippen LogP contribution in [0.5, 0.6) is 5.75 Å². The van der Waals surface area contributed by atoms with Gasteiger partial charge in [-0.25, -0.2) is 9.97 Å². The highest BCUT2D eigenvalue weighted by molar-refractivity contribution is 5.96. The van der Waals surface area contributed by atoms with E-state index in [9.17, 15) is 9.59 Å². The van der Waals surface area contributed by atoms with Gasteiger partial charge in [0.05, 0.1) is 18.4 Å². The van der Waals surface area contributed by atoms with Gasteiger partial charge in [0.2, 0.25) is 5.95 Å². The number of nitrogens with zero attached hydrogens (tertiary/aromatic N) is 4. The van der Waals surface area contributed by atoms with E-state index >= 15 is 0 Å². The number of ketones is 1. The summed E-state index contributed by atoms with van der Waals surface area (Å²) in [5, 5.41) is 3.73. The first-order valence-corrected chi connectivity index (χ1v) is 10.3. The zero-order valence-corrected chi connectivity index (χ0v) is 17.6. The van der Waals surface area contributed by atoms with Crippen LogP contribution in [0.25, 0.3) is 11.0 Å². The lowest BCUT2D eigenvalue weighted by Crippen LogP contribution is -2.29. The summed E-state index contributed by atoms with van der Waals surface area (Å²) in [5.41, 5.74) is 0.417. The fourth-order valence-corrected chi connectivity index (χ4v) is 3.83. The molecule has 3 aromatic rings. The summed E-state index contributed by atoms with van der Waals surface area (Å²) in [6.45, 7) is 2.35. The molecule has 0 bridgehead atoms. The number of hydrogen-bond donors (Lipinski definition) is 1. The Labute approximate surface area is 179 Å². The molecule has 162 valence electrons. The van der Waals surface area contributed by atoms with Crippen LogP contribution in [0.4, 0.5) is 11.8 Å². The van der Waals surface area contributed by atoms with Gasteiger partial charge < -0.3 is 14.8 Å². The van der Waals surface area contributed by atoms with E-state index in [4.69, 9.17) is 9.47 Å². The summed E-state index contributed by atoms with van der Waals surface area (Å²) in [6.07, 6.45) is 7.14. The fraction of sp³-hybridized carbons (Fsp3) is 0.409. The molecule has 0 unspecified atom stereocenters. The zero-order valence-electron chi connectivity index (χ0n) is 17.6. The lowest BCUT2D eigenvalue weighted by molar-refractivity contribution is 0.101. The van der Waals surface area contributed by atoms with E-state index in [-0.39, 0.29) is 22.9 Å². The maximum atomic E-state index is 13.1. The van der Waals surface area contributed by atoms with Gasteiger partial charge >= 0.3 is 0 Å². The summed E-state index contributed by atoms with van der Waals surface area (Å²) < 4.78 is 12.1. The Hall–Kier alpha value is -3.33. The molecule has 0 spiro atoms. The molecular formula is C22H25N5O4. The van der Waals surface area contributed by atoms with Gasteiger partial charge in [0.1, 0.15) is 23.8 Å². The number of Topliss-reactive ketones (excluding diaryl/α,β-unsaturated/α-hetero) is 1. The number of pyridine rings is 2. The molecule has 3 aromatic heterocycles. The molecule has 9 nitrogen and oxygen atoms in total. The number of fused-ring (bicyclic) bond motifs is 1. The van der Waals surface area contributed by atoms with E-state index < -0.39 is 0 Å². The topological polar surface area (TPSA) is 108 Å². The molecule has 0 atom stereocenters. The summed E-state index contributed by atoms with van der Waals surface area (Å²) >= 11 is 0.